The number of carbonyl (C=O) groups excluding carboxylic acids is 1. The van der Waals surface area contributed by atoms with Gasteiger partial charge in [-0.2, -0.15) is 5.10 Å². The Morgan fingerprint density at radius 1 is 1.26 bits per heavy atom. The van der Waals surface area contributed by atoms with Gasteiger partial charge in [0, 0.05) is 36.1 Å². The minimum atomic E-state index is -0.132. The third-order valence-corrected chi connectivity index (χ3v) is 4.03. The summed E-state index contributed by atoms with van der Waals surface area (Å²) in [6, 6.07) is 7.16. The molecule has 0 bridgehead atoms. The van der Waals surface area contributed by atoms with E-state index in [1.165, 1.54) is 11.5 Å². The minimum Gasteiger partial charge on any atom is -0.318 e. The Hall–Kier alpha value is -2.95. The molecule has 0 radical (unpaired) electrons. The van der Waals surface area contributed by atoms with Gasteiger partial charge in [0.1, 0.15) is 0 Å². The summed E-state index contributed by atoms with van der Waals surface area (Å²) in [5.41, 5.74) is 3.74. The van der Waals surface area contributed by atoms with Crippen LogP contribution in [0, 0.1) is 6.92 Å². The standard InChI is InChI=1S/C18H17N3O2/c1-11(14-7-6-10-20(4)18(14)23)17-12(2)16(13(3)22)15-8-5-9-19-21(15)17/h5-10H,1H2,2-4H3. The number of nitrogens with zero attached hydrogens (tertiary/aromatic N) is 3. The molecule has 0 aromatic carbocycles. The summed E-state index contributed by atoms with van der Waals surface area (Å²) < 4.78 is 3.19. The quantitative estimate of drug-likeness (QED) is 0.699. The van der Waals surface area contributed by atoms with Crippen molar-refractivity contribution in [3.63, 3.8) is 0 Å². The summed E-state index contributed by atoms with van der Waals surface area (Å²) in [6.07, 6.45) is 3.34. The lowest BCUT2D eigenvalue weighted by Crippen LogP contribution is -2.20. The SMILES string of the molecule is C=C(c1cccn(C)c1=O)c1c(C)c(C(C)=O)c2cccnn12. The lowest BCUT2D eigenvalue weighted by Gasteiger charge is -2.08. The largest absolute Gasteiger partial charge is 0.318 e. The van der Waals surface area contributed by atoms with E-state index in [1.54, 1.807) is 42.2 Å². The summed E-state index contributed by atoms with van der Waals surface area (Å²) in [5.74, 6) is -0.0342. The van der Waals surface area contributed by atoms with Crippen molar-refractivity contribution < 1.29 is 4.79 Å². The van der Waals surface area contributed by atoms with E-state index in [-0.39, 0.29) is 11.3 Å². The predicted octanol–water partition coefficient (Wildman–Crippen LogP) is 2.61. The summed E-state index contributed by atoms with van der Waals surface area (Å²) >= 11 is 0. The van der Waals surface area contributed by atoms with Gasteiger partial charge in [0.05, 0.1) is 11.2 Å². The van der Waals surface area contributed by atoms with Gasteiger partial charge in [-0.3, -0.25) is 9.59 Å². The number of ketones is 1. The van der Waals surface area contributed by atoms with Crippen LogP contribution in [0.4, 0.5) is 0 Å². The molecule has 0 fully saturated rings. The monoisotopic (exact) mass is 307 g/mol. The van der Waals surface area contributed by atoms with E-state index < -0.39 is 0 Å². The Balaban J connectivity index is 2.35. The molecule has 0 saturated heterocycles. The summed E-state index contributed by atoms with van der Waals surface area (Å²) in [5, 5.41) is 4.34. The first kappa shape index (κ1) is 15.0. The number of rotatable bonds is 3. The molecule has 0 aliphatic carbocycles. The van der Waals surface area contributed by atoms with Crippen molar-refractivity contribution in [1.29, 1.82) is 0 Å². The molecule has 116 valence electrons. The Kier molecular flexibility index (Phi) is 3.48. The van der Waals surface area contributed by atoms with Crippen LogP contribution in [-0.4, -0.2) is 20.0 Å². The van der Waals surface area contributed by atoms with Gasteiger partial charge in [-0.1, -0.05) is 6.58 Å². The highest BCUT2D eigenvalue weighted by Gasteiger charge is 2.22. The van der Waals surface area contributed by atoms with Gasteiger partial charge in [-0.15, -0.1) is 0 Å². The molecule has 3 heterocycles. The van der Waals surface area contributed by atoms with E-state index in [4.69, 9.17) is 0 Å². The van der Waals surface area contributed by atoms with Gasteiger partial charge in [0.15, 0.2) is 5.78 Å². The average molecular weight is 307 g/mol. The maximum atomic E-state index is 12.4. The molecule has 23 heavy (non-hydrogen) atoms. The van der Waals surface area contributed by atoms with E-state index in [1.807, 2.05) is 13.0 Å². The van der Waals surface area contributed by atoms with Gasteiger partial charge < -0.3 is 4.57 Å². The van der Waals surface area contributed by atoms with Crippen LogP contribution in [-0.2, 0) is 7.05 Å². The van der Waals surface area contributed by atoms with Gasteiger partial charge in [-0.05, 0) is 43.7 Å². The maximum Gasteiger partial charge on any atom is 0.258 e. The third-order valence-electron chi connectivity index (χ3n) is 4.03. The van der Waals surface area contributed by atoms with Gasteiger partial charge in [0.25, 0.3) is 5.56 Å². The zero-order valence-electron chi connectivity index (χ0n) is 13.3. The van der Waals surface area contributed by atoms with Crippen molar-refractivity contribution in [2.24, 2.45) is 7.05 Å². The van der Waals surface area contributed by atoms with Crippen LogP contribution in [0.3, 0.4) is 0 Å². The first-order chi connectivity index (χ1) is 10.9. The maximum absolute atomic E-state index is 12.4. The Morgan fingerprint density at radius 3 is 2.70 bits per heavy atom. The van der Waals surface area contributed by atoms with Crippen molar-refractivity contribution >= 4 is 16.9 Å². The number of aromatic nitrogens is 3. The number of pyridine rings is 1. The molecule has 0 amide bonds. The zero-order valence-corrected chi connectivity index (χ0v) is 13.3. The normalized spacial score (nSPS) is 10.9. The number of hydrogen-bond acceptors (Lipinski definition) is 3. The number of fused-ring (bicyclic) bond motifs is 1. The first-order valence-electron chi connectivity index (χ1n) is 7.26. The smallest absolute Gasteiger partial charge is 0.258 e. The summed E-state index contributed by atoms with van der Waals surface area (Å²) in [4.78, 5) is 24.4. The van der Waals surface area contributed by atoms with Crippen LogP contribution in [0.1, 0.15) is 34.1 Å². The molecule has 0 aliphatic heterocycles. The van der Waals surface area contributed by atoms with Crippen LogP contribution in [0.15, 0.2) is 48.0 Å². The number of Topliss-reactive ketones (excluding diaryl/α,β-unsaturated/α-hetero) is 1. The van der Waals surface area contributed by atoms with Gasteiger partial charge in [0.2, 0.25) is 0 Å². The fraction of sp³-hybridized carbons (Fsp3) is 0.167. The summed E-state index contributed by atoms with van der Waals surface area (Å²) in [6.45, 7) is 7.49. The fourth-order valence-corrected chi connectivity index (χ4v) is 2.96. The van der Waals surface area contributed by atoms with Crippen LogP contribution >= 0.6 is 0 Å². The molecular formula is C18H17N3O2. The van der Waals surface area contributed by atoms with Crippen molar-refractivity contribution in [3.05, 3.63) is 76.0 Å². The highest BCUT2D eigenvalue weighted by molar-refractivity contribution is 6.04. The first-order valence-corrected chi connectivity index (χ1v) is 7.26. The molecule has 5 nitrogen and oxygen atoms in total. The highest BCUT2D eigenvalue weighted by atomic mass is 16.1. The van der Waals surface area contributed by atoms with E-state index in [9.17, 15) is 9.59 Å². The van der Waals surface area contributed by atoms with E-state index >= 15 is 0 Å². The molecule has 0 unspecified atom stereocenters. The third kappa shape index (κ3) is 2.21. The lowest BCUT2D eigenvalue weighted by molar-refractivity contribution is 0.101. The van der Waals surface area contributed by atoms with Crippen LogP contribution in [0.2, 0.25) is 0 Å². The molecule has 0 spiro atoms. The average Bonchev–Trinajstić information content (AvgIpc) is 2.81. The van der Waals surface area contributed by atoms with Crippen molar-refractivity contribution in [2.45, 2.75) is 13.8 Å². The second-order valence-electron chi connectivity index (χ2n) is 5.54. The summed E-state index contributed by atoms with van der Waals surface area (Å²) in [7, 11) is 1.70. The predicted molar refractivity (Wildman–Crippen MR) is 89.8 cm³/mol. The van der Waals surface area contributed by atoms with Gasteiger partial charge >= 0.3 is 0 Å². The van der Waals surface area contributed by atoms with Crippen molar-refractivity contribution in [3.8, 4) is 0 Å². The van der Waals surface area contributed by atoms with Crippen LogP contribution in [0.5, 0.6) is 0 Å². The molecule has 5 heteroatoms. The minimum absolute atomic E-state index is 0.0342. The van der Waals surface area contributed by atoms with E-state index in [0.717, 1.165) is 11.1 Å². The molecular weight excluding hydrogens is 290 g/mol. The van der Waals surface area contributed by atoms with E-state index in [0.29, 0.717) is 22.4 Å². The number of aryl methyl sites for hydroxylation is 1. The van der Waals surface area contributed by atoms with Crippen LogP contribution in [0.25, 0.3) is 11.1 Å². The highest BCUT2D eigenvalue weighted by Crippen LogP contribution is 2.29. The van der Waals surface area contributed by atoms with E-state index in [2.05, 4.69) is 11.7 Å². The lowest BCUT2D eigenvalue weighted by atomic mass is 10.0. The number of carbonyl (C=O) groups is 1. The Bertz CT molecular complexity index is 1010. The van der Waals surface area contributed by atoms with Gasteiger partial charge in [-0.25, -0.2) is 4.52 Å². The topological polar surface area (TPSA) is 56.4 Å². The molecule has 3 aromatic rings. The fourth-order valence-electron chi connectivity index (χ4n) is 2.96. The molecule has 0 saturated carbocycles. The molecule has 3 rings (SSSR count). The molecule has 0 N–H and O–H groups in total. The molecule has 3 aromatic heterocycles. The molecule has 0 aliphatic rings. The second-order valence-corrected chi connectivity index (χ2v) is 5.54. The number of hydrogen-bond donors (Lipinski definition) is 0. The molecule has 0 atom stereocenters. The Morgan fingerprint density at radius 2 is 2.00 bits per heavy atom. The van der Waals surface area contributed by atoms with Crippen LogP contribution < -0.4 is 5.56 Å². The van der Waals surface area contributed by atoms with Crippen molar-refractivity contribution in [2.75, 3.05) is 0 Å². The zero-order chi connectivity index (χ0) is 16.7. The van der Waals surface area contributed by atoms with Crippen molar-refractivity contribution in [1.82, 2.24) is 14.2 Å². The Labute approximate surface area is 133 Å². The second kappa shape index (κ2) is 5.35.